The number of esters is 1. The van der Waals surface area contributed by atoms with E-state index in [9.17, 15) is 14.4 Å². The number of allylic oxidation sites excluding steroid dienone is 1. The average Bonchev–Trinajstić information content (AvgIpc) is 2.46. The Morgan fingerprint density at radius 2 is 1.90 bits per heavy atom. The van der Waals surface area contributed by atoms with Crippen molar-refractivity contribution in [2.24, 2.45) is 5.92 Å². The molecule has 1 aromatic rings. The van der Waals surface area contributed by atoms with Crippen molar-refractivity contribution < 1.29 is 23.9 Å². The van der Waals surface area contributed by atoms with Gasteiger partial charge in [0.05, 0.1) is 13.5 Å². The van der Waals surface area contributed by atoms with Gasteiger partial charge in [0.25, 0.3) is 0 Å². The second kappa shape index (κ2) is 7.89. The van der Waals surface area contributed by atoms with Crippen molar-refractivity contribution >= 4 is 17.9 Å². The van der Waals surface area contributed by atoms with Gasteiger partial charge in [0, 0.05) is 11.5 Å². The summed E-state index contributed by atoms with van der Waals surface area (Å²) in [6.45, 7) is 3.56. The molecule has 5 heteroatoms. The first-order valence-corrected chi connectivity index (χ1v) is 6.07. The Balaban J connectivity index is 2.74. The van der Waals surface area contributed by atoms with Crippen LogP contribution in [0, 0.1) is 5.92 Å². The van der Waals surface area contributed by atoms with Crippen molar-refractivity contribution in [3.05, 3.63) is 48.6 Å². The van der Waals surface area contributed by atoms with Gasteiger partial charge < -0.3 is 9.47 Å². The van der Waals surface area contributed by atoms with Gasteiger partial charge >= 0.3 is 12.1 Å². The maximum Gasteiger partial charge on any atom is 0.515 e. The van der Waals surface area contributed by atoms with Crippen molar-refractivity contribution in [3.8, 4) is 0 Å². The Morgan fingerprint density at radius 3 is 2.45 bits per heavy atom. The third-order valence-corrected chi connectivity index (χ3v) is 2.66. The number of carbonyl (C=O) groups is 3. The van der Waals surface area contributed by atoms with Gasteiger partial charge in [-0.1, -0.05) is 36.4 Å². The van der Waals surface area contributed by atoms with E-state index in [1.54, 1.807) is 36.4 Å². The number of hydrogen-bond acceptors (Lipinski definition) is 5. The lowest BCUT2D eigenvalue weighted by atomic mass is 9.92. The summed E-state index contributed by atoms with van der Waals surface area (Å²) >= 11 is 0. The molecule has 0 fully saturated rings. The SMILES string of the molecule is C=CCC(CC(=O)OC(=O)OC)C(=O)c1ccccc1. The molecule has 5 nitrogen and oxygen atoms in total. The zero-order valence-corrected chi connectivity index (χ0v) is 11.2. The Kier molecular flexibility index (Phi) is 6.16. The number of ether oxygens (including phenoxy) is 2. The third-order valence-electron chi connectivity index (χ3n) is 2.66. The second-order valence-corrected chi connectivity index (χ2v) is 4.08. The molecule has 1 aromatic carbocycles. The molecule has 20 heavy (non-hydrogen) atoms. The van der Waals surface area contributed by atoms with Crippen molar-refractivity contribution in [3.63, 3.8) is 0 Å². The number of rotatable bonds is 6. The van der Waals surface area contributed by atoms with E-state index in [0.717, 1.165) is 7.11 Å². The minimum Gasteiger partial charge on any atom is -0.437 e. The molecule has 1 unspecified atom stereocenters. The van der Waals surface area contributed by atoms with Crippen LogP contribution in [0.25, 0.3) is 0 Å². The van der Waals surface area contributed by atoms with E-state index < -0.39 is 18.0 Å². The van der Waals surface area contributed by atoms with E-state index in [0.29, 0.717) is 12.0 Å². The van der Waals surface area contributed by atoms with Gasteiger partial charge in [0.15, 0.2) is 5.78 Å². The van der Waals surface area contributed by atoms with Gasteiger partial charge in [-0.05, 0) is 6.42 Å². The normalized spacial score (nSPS) is 11.2. The second-order valence-electron chi connectivity index (χ2n) is 4.08. The topological polar surface area (TPSA) is 69.7 Å². The molecular formula is C15H16O5. The first-order valence-electron chi connectivity index (χ1n) is 6.07. The van der Waals surface area contributed by atoms with Crippen LogP contribution in [0.1, 0.15) is 23.2 Å². The average molecular weight is 276 g/mol. The first kappa shape index (κ1) is 15.6. The fourth-order valence-corrected chi connectivity index (χ4v) is 1.70. The quantitative estimate of drug-likeness (QED) is 0.346. The van der Waals surface area contributed by atoms with Crippen molar-refractivity contribution in [1.82, 2.24) is 0 Å². The third kappa shape index (κ3) is 4.68. The molecule has 0 radical (unpaired) electrons. The molecule has 0 bridgehead atoms. The van der Waals surface area contributed by atoms with E-state index in [1.165, 1.54) is 0 Å². The van der Waals surface area contributed by atoms with Crippen LogP contribution in [0.15, 0.2) is 43.0 Å². The molecule has 0 amide bonds. The Hall–Kier alpha value is -2.43. The lowest BCUT2D eigenvalue weighted by Crippen LogP contribution is -2.21. The smallest absolute Gasteiger partial charge is 0.437 e. The number of Topliss-reactive ketones (excluding diaryl/α,β-unsaturated/α-hetero) is 1. The summed E-state index contributed by atoms with van der Waals surface area (Å²) in [6.07, 6.45) is 0.593. The van der Waals surface area contributed by atoms with Crippen LogP contribution in [-0.2, 0) is 14.3 Å². The van der Waals surface area contributed by atoms with Crippen molar-refractivity contribution in [2.75, 3.05) is 7.11 Å². The monoisotopic (exact) mass is 276 g/mol. The van der Waals surface area contributed by atoms with Crippen LogP contribution < -0.4 is 0 Å². The summed E-state index contributed by atoms with van der Waals surface area (Å²) in [7, 11) is 1.10. The molecule has 1 atom stereocenters. The van der Waals surface area contributed by atoms with Crippen molar-refractivity contribution in [2.45, 2.75) is 12.8 Å². The molecule has 0 saturated heterocycles. The number of carbonyl (C=O) groups excluding carboxylic acids is 3. The molecule has 0 saturated carbocycles. The summed E-state index contributed by atoms with van der Waals surface area (Å²) in [5.41, 5.74) is 0.505. The van der Waals surface area contributed by atoms with Gasteiger partial charge in [-0.25, -0.2) is 4.79 Å². The van der Waals surface area contributed by atoms with E-state index in [2.05, 4.69) is 16.1 Å². The fraction of sp³-hybridized carbons (Fsp3) is 0.267. The number of ketones is 1. The molecule has 0 aliphatic carbocycles. The summed E-state index contributed by atoms with van der Waals surface area (Å²) in [5.74, 6) is -1.59. The zero-order chi connectivity index (χ0) is 15.0. The number of hydrogen-bond donors (Lipinski definition) is 0. The predicted octanol–water partition coefficient (Wildman–Crippen LogP) is 2.76. The zero-order valence-electron chi connectivity index (χ0n) is 11.2. The van der Waals surface area contributed by atoms with E-state index in [4.69, 9.17) is 0 Å². The highest BCUT2D eigenvalue weighted by atomic mass is 16.7. The van der Waals surface area contributed by atoms with Crippen LogP contribution >= 0.6 is 0 Å². The van der Waals surface area contributed by atoms with Crippen LogP contribution in [-0.4, -0.2) is 25.0 Å². The van der Waals surface area contributed by atoms with Gasteiger partial charge in [-0.3, -0.25) is 9.59 Å². The van der Waals surface area contributed by atoms with Crippen LogP contribution in [0.3, 0.4) is 0 Å². The highest BCUT2D eigenvalue weighted by Gasteiger charge is 2.24. The summed E-state index contributed by atoms with van der Waals surface area (Å²) in [4.78, 5) is 34.6. The molecule has 0 aliphatic rings. The Morgan fingerprint density at radius 1 is 1.25 bits per heavy atom. The van der Waals surface area contributed by atoms with Crippen LogP contribution in [0.4, 0.5) is 4.79 Å². The summed E-state index contributed by atoms with van der Waals surface area (Å²) in [5, 5.41) is 0. The molecule has 0 aromatic heterocycles. The maximum absolute atomic E-state index is 12.3. The van der Waals surface area contributed by atoms with E-state index >= 15 is 0 Å². The first-order chi connectivity index (χ1) is 9.58. The molecule has 0 heterocycles. The standard InChI is InChI=1S/C15H16O5/c1-3-7-12(10-13(16)20-15(18)19-2)14(17)11-8-5-4-6-9-11/h3-6,8-9,12H,1,7,10H2,2H3. The lowest BCUT2D eigenvalue weighted by molar-refractivity contribution is -0.140. The minimum absolute atomic E-state index is 0.188. The highest BCUT2D eigenvalue weighted by molar-refractivity contribution is 6.00. The highest BCUT2D eigenvalue weighted by Crippen LogP contribution is 2.17. The van der Waals surface area contributed by atoms with Gasteiger partial charge in [0.1, 0.15) is 0 Å². The molecule has 106 valence electrons. The molecule has 0 aliphatic heterocycles. The summed E-state index contributed by atoms with van der Waals surface area (Å²) < 4.78 is 8.60. The predicted molar refractivity (Wildman–Crippen MR) is 72.2 cm³/mol. The number of benzene rings is 1. The largest absolute Gasteiger partial charge is 0.515 e. The van der Waals surface area contributed by atoms with Gasteiger partial charge in [-0.15, -0.1) is 6.58 Å². The van der Waals surface area contributed by atoms with Gasteiger partial charge in [-0.2, -0.15) is 0 Å². The Labute approximate surface area is 117 Å². The number of methoxy groups -OCH3 is 1. The summed E-state index contributed by atoms with van der Waals surface area (Å²) in [6, 6.07) is 8.62. The lowest BCUT2D eigenvalue weighted by Gasteiger charge is -2.12. The maximum atomic E-state index is 12.3. The fourth-order valence-electron chi connectivity index (χ4n) is 1.70. The molecule has 0 N–H and O–H groups in total. The van der Waals surface area contributed by atoms with Crippen molar-refractivity contribution in [1.29, 1.82) is 0 Å². The molecule has 1 rings (SSSR count). The van der Waals surface area contributed by atoms with Crippen LogP contribution in [0.2, 0.25) is 0 Å². The van der Waals surface area contributed by atoms with Gasteiger partial charge in [0.2, 0.25) is 0 Å². The minimum atomic E-state index is -1.08. The molecule has 0 spiro atoms. The Bertz CT molecular complexity index is 492. The van der Waals surface area contributed by atoms with E-state index in [1.807, 2.05) is 0 Å². The van der Waals surface area contributed by atoms with E-state index in [-0.39, 0.29) is 12.2 Å². The molecular weight excluding hydrogens is 260 g/mol. The van der Waals surface area contributed by atoms with Crippen LogP contribution in [0.5, 0.6) is 0 Å².